The molecule has 0 bridgehead atoms. The van der Waals surface area contributed by atoms with E-state index in [0.717, 1.165) is 18.8 Å². The Hall–Kier alpha value is -2.43. The predicted molar refractivity (Wildman–Crippen MR) is 83.7 cm³/mol. The van der Waals surface area contributed by atoms with E-state index in [4.69, 9.17) is 4.42 Å². The van der Waals surface area contributed by atoms with E-state index in [9.17, 15) is 4.79 Å². The van der Waals surface area contributed by atoms with E-state index in [1.807, 2.05) is 12.1 Å². The van der Waals surface area contributed by atoms with E-state index < -0.39 is 5.76 Å². The lowest BCUT2D eigenvalue weighted by Crippen LogP contribution is -2.03. The molecule has 0 atom stereocenters. The van der Waals surface area contributed by atoms with Gasteiger partial charge in [-0.25, -0.2) is 4.79 Å². The van der Waals surface area contributed by atoms with Crippen LogP contribution in [-0.4, -0.2) is 9.55 Å². The summed E-state index contributed by atoms with van der Waals surface area (Å²) in [5.74, 6) is -0.423. The van der Waals surface area contributed by atoms with Gasteiger partial charge in [-0.2, -0.15) is 0 Å². The highest BCUT2D eigenvalue weighted by atomic mass is 16.4. The first kappa shape index (κ1) is 13.5. The molecule has 0 radical (unpaired) electrons. The maximum atomic E-state index is 11.2. The first-order chi connectivity index (χ1) is 10.1. The Morgan fingerprint density at radius 1 is 1.29 bits per heavy atom. The molecule has 3 aromatic rings. The summed E-state index contributed by atoms with van der Waals surface area (Å²) in [4.78, 5) is 13.8. The molecule has 0 fully saturated rings. The fourth-order valence-corrected chi connectivity index (χ4v) is 2.80. The van der Waals surface area contributed by atoms with Crippen LogP contribution in [0.2, 0.25) is 0 Å². The van der Waals surface area contributed by atoms with Gasteiger partial charge < -0.3 is 14.3 Å². The zero-order valence-corrected chi connectivity index (χ0v) is 12.5. The fraction of sp³-hybridized carbons (Fsp3) is 0.312. The van der Waals surface area contributed by atoms with E-state index in [0.29, 0.717) is 11.1 Å². The molecule has 0 spiro atoms. The molecule has 0 amide bonds. The van der Waals surface area contributed by atoms with Crippen LogP contribution < -0.4 is 11.1 Å². The van der Waals surface area contributed by atoms with Gasteiger partial charge in [-0.3, -0.25) is 4.98 Å². The number of anilines is 1. The third-order valence-corrected chi connectivity index (χ3v) is 3.90. The van der Waals surface area contributed by atoms with Gasteiger partial charge in [0.15, 0.2) is 5.58 Å². The molecule has 2 aromatic heterocycles. The van der Waals surface area contributed by atoms with E-state index in [2.05, 4.69) is 41.7 Å². The summed E-state index contributed by atoms with van der Waals surface area (Å²) in [7, 11) is 0. The molecule has 21 heavy (non-hydrogen) atoms. The van der Waals surface area contributed by atoms with Crippen LogP contribution in [0.3, 0.4) is 0 Å². The minimum absolute atomic E-state index is 0.423. The number of hydrogen-bond acceptors (Lipinski definition) is 3. The zero-order valence-electron chi connectivity index (χ0n) is 12.5. The summed E-state index contributed by atoms with van der Waals surface area (Å²) in [5.41, 5.74) is 6.11. The van der Waals surface area contributed by atoms with Crippen LogP contribution in [0, 0.1) is 13.8 Å². The molecular weight excluding hydrogens is 266 g/mol. The molecule has 110 valence electrons. The first-order valence-electron chi connectivity index (χ1n) is 7.11. The number of aromatic amines is 1. The number of fused-ring (bicyclic) bond motifs is 1. The smallest absolute Gasteiger partial charge is 0.408 e. The summed E-state index contributed by atoms with van der Waals surface area (Å²) in [6.45, 7) is 8.17. The van der Waals surface area contributed by atoms with Crippen molar-refractivity contribution >= 4 is 16.8 Å². The van der Waals surface area contributed by atoms with Crippen molar-refractivity contribution in [3.8, 4) is 0 Å². The van der Waals surface area contributed by atoms with Crippen molar-refractivity contribution in [2.24, 2.45) is 0 Å². The summed E-state index contributed by atoms with van der Waals surface area (Å²) >= 11 is 0. The second kappa shape index (κ2) is 5.16. The van der Waals surface area contributed by atoms with Gasteiger partial charge in [0.25, 0.3) is 0 Å². The number of H-pyrrole nitrogens is 1. The molecule has 0 aliphatic rings. The third kappa shape index (κ3) is 2.46. The lowest BCUT2D eigenvalue weighted by molar-refractivity contribution is 0.555. The van der Waals surface area contributed by atoms with Gasteiger partial charge in [0, 0.05) is 30.2 Å². The summed E-state index contributed by atoms with van der Waals surface area (Å²) < 4.78 is 7.30. The average molecular weight is 285 g/mol. The standard InChI is InChI=1S/C16H19N3O2/c1-4-19-10(2)7-12(11(19)3)9-17-13-5-6-15-14(8-13)18-16(20)21-15/h5-8,17H,4,9H2,1-3H3,(H,18,20). The predicted octanol–water partition coefficient (Wildman–Crippen LogP) is 3.17. The Morgan fingerprint density at radius 2 is 2.10 bits per heavy atom. The number of benzene rings is 1. The molecule has 2 heterocycles. The van der Waals surface area contributed by atoms with Crippen molar-refractivity contribution < 1.29 is 4.42 Å². The average Bonchev–Trinajstić information content (AvgIpc) is 2.95. The molecule has 0 saturated carbocycles. The Kier molecular flexibility index (Phi) is 3.33. The zero-order chi connectivity index (χ0) is 15.0. The molecule has 3 rings (SSSR count). The van der Waals surface area contributed by atoms with Crippen LogP contribution in [0.4, 0.5) is 5.69 Å². The van der Waals surface area contributed by atoms with Crippen LogP contribution in [0.1, 0.15) is 23.9 Å². The number of aryl methyl sites for hydroxylation is 1. The first-order valence-corrected chi connectivity index (χ1v) is 7.11. The van der Waals surface area contributed by atoms with Gasteiger partial charge in [-0.05, 0) is 50.6 Å². The summed E-state index contributed by atoms with van der Waals surface area (Å²) in [5, 5.41) is 3.39. The highest BCUT2D eigenvalue weighted by Crippen LogP contribution is 2.19. The maximum absolute atomic E-state index is 11.2. The van der Waals surface area contributed by atoms with Crippen LogP contribution in [0.25, 0.3) is 11.1 Å². The lowest BCUT2D eigenvalue weighted by Gasteiger charge is -2.08. The molecular formula is C16H19N3O2. The van der Waals surface area contributed by atoms with Crippen molar-refractivity contribution in [1.29, 1.82) is 0 Å². The van der Waals surface area contributed by atoms with Crippen molar-refractivity contribution in [3.63, 3.8) is 0 Å². The van der Waals surface area contributed by atoms with Crippen LogP contribution >= 0.6 is 0 Å². The molecule has 0 saturated heterocycles. The Labute approximate surface area is 122 Å². The van der Waals surface area contributed by atoms with E-state index in [-0.39, 0.29) is 0 Å². The van der Waals surface area contributed by atoms with Gasteiger partial charge >= 0.3 is 5.76 Å². The number of aromatic nitrogens is 2. The lowest BCUT2D eigenvalue weighted by atomic mass is 10.2. The van der Waals surface area contributed by atoms with Crippen LogP contribution in [-0.2, 0) is 13.1 Å². The van der Waals surface area contributed by atoms with Gasteiger partial charge in [0.05, 0.1) is 5.52 Å². The van der Waals surface area contributed by atoms with Crippen LogP contribution in [0.15, 0.2) is 33.5 Å². The third-order valence-electron chi connectivity index (χ3n) is 3.90. The number of hydrogen-bond donors (Lipinski definition) is 2. The summed E-state index contributed by atoms with van der Waals surface area (Å²) in [6, 6.07) is 7.81. The van der Waals surface area contributed by atoms with Crippen molar-refractivity contribution in [2.75, 3.05) is 5.32 Å². The minimum Gasteiger partial charge on any atom is -0.408 e. The molecule has 1 aromatic carbocycles. The van der Waals surface area contributed by atoms with E-state index in [1.165, 1.54) is 17.0 Å². The molecule has 5 nitrogen and oxygen atoms in total. The van der Waals surface area contributed by atoms with Gasteiger partial charge in [0.2, 0.25) is 0 Å². The quantitative estimate of drug-likeness (QED) is 0.774. The molecule has 0 aliphatic carbocycles. The SMILES string of the molecule is CCn1c(C)cc(CNc2ccc3oc(=O)[nH]c3c2)c1C. The number of rotatable bonds is 4. The number of oxazole rings is 1. The topological polar surface area (TPSA) is 63.0 Å². The van der Waals surface area contributed by atoms with E-state index in [1.54, 1.807) is 6.07 Å². The van der Waals surface area contributed by atoms with Crippen molar-refractivity contribution in [3.05, 3.63) is 51.8 Å². The molecule has 2 N–H and O–H groups in total. The molecule has 0 aliphatic heterocycles. The van der Waals surface area contributed by atoms with E-state index >= 15 is 0 Å². The second-order valence-corrected chi connectivity index (χ2v) is 5.22. The van der Waals surface area contributed by atoms with Crippen molar-refractivity contribution in [2.45, 2.75) is 33.9 Å². The van der Waals surface area contributed by atoms with Crippen molar-refractivity contribution in [1.82, 2.24) is 9.55 Å². The fourth-order valence-electron chi connectivity index (χ4n) is 2.80. The Balaban J connectivity index is 1.81. The molecule has 0 unspecified atom stereocenters. The normalized spacial score (nSPS) is 11.2. The number of nitrogens with one attached hydrogen (secondary N) is 2. The highest BCUT2D eigenvalue weighted by molar-refractivity contribution is 5.76. The van der Waals surface area contributed by atoms with Gasteiger partial charge in [-0.1, -0.05) is 0 Å². The van der Waals surface area contributed by atoms with Gasteiger partial charge in [0.1, 0.15) is 0 Å². The number of nitrogens with zero attached hydrogens (tertiary/aromatic N) is 1. The Bertz CT molecular complexity index is 839. The maximum Gasteiger partial charge on any atom is 0.417 e. The monoisotopic (exact) mass is 285 g/mol. The largest absolute Gasteiger partial charge is 0.417 e. The van der Waals surface area contributed by atoms with Crippen LogP contribution in [0.5, 0.6) is 0 Å². The molecule has 5 heteroatoms. The Morgan fingerprint density at radius 3 is 2.81 bits per heavy atom. The summed E-state index contributed by atoms with van der Waals surface area (Å²) in [6.07, 6.45) is 0. The van der Waals surface area contributed by atoms with Gasteiger partial charge in [-0.15, -0.1) is 0 Å². The minimum atomic E-state index is -0.423. The highest BCUT2D eigenvalue weighted by Gasteiger charge is 2.08. The second-order valence-electron chi connectivity index (χ2n) is 5.22.